The van der Waals surface area contributed by atoms with Gasteiger partial charge in [-0.25, -0.2) is 0 Å². The Labute approximate surface area is 225 Å². The average molecular weight is 529 g/mol. The molecule has 0 aromatic heterocycles. The van der Waals surface area contributed by atoms with Gasteiger partial charge in [0.05, 0.1) is 25.2 Å². The van der Waals surface area contributed by atoms with Crippen LogP contribution in [-0.2, 0) is 11.2 Å². The van der Waals surface area contributed by atoms with E-state index in [1.54, 1.807) is 31.3 Å². The van der Waals surface area contributed by atoms with Crippen LogP contribution in [0.4, 0.5) is 5.69 Å². The SMILES string of the molecule is COc1cc2c(cc1OC)C(COc1ccc([N+](=O)[O-])cc1)N(C(=O)COc1ccc3ccccc3c1)CC2. The number of carbonyl (C=O) groups excluding carboxylic acids is 1. The van der Waals surface area contributed by atoms with E-state index in [1.807, 2.05) is 54.6 Å². The second-order valence-electron chi connectivity index (χ2n) is 9.12. The Balaban J connectivity index is 1.38. The van der Waals surface area contributed by atoms with Gasteiger partial charge in [-0.15, -0.1) is 0 Å². The first-order valence-electron chi connectivity index (χ1n) is 12.5. The zero-order valence-corrected chi connectivity index (χ0v) is 21.7. The van der Waals surface area contributed by atoms with Crippen molar-refractivity contribution in [1.29, 1.82) is 0 Å². The fourth-order valence-electron chi connectivity index (χ4n) is 4.83. The molecule has 1 atom stereocenters. The number of hydrogen-bond donors (Lipinski definition) is 0. The predicted octanol–water partition coefficient (Wildman–Crippen LogP) is 5.35. The standard InChI is InChI=1S/C30H28N2O7/c1-36-28-16-22-13-14-31(30(33)19-39-25-10-7-20-5-3-4-6-21(20)15-25)27(26(22)17-29(28)37-2)18-38-24-11-8-23(9-12-24)32(34)35/h3-12,15-17,27H,13-14,18-19H2,1-2H3. The number of rotatable bonds is 9. The van der Waals surface area contributed by atoms with Crippen LogP contribution in [0.1, 0.15) is 17.2 Å². The number of ether oxygens (including phenoxy) is 4. The maximum absolute atomic E-state index is 13.5. The first kappa shape index (κ1) is 25.8. The minimum absolute atomic E-state index is 0.0233. The number of nitrogens with zero attached hydrogens (tertiary/aromatic N) is 2. The molecule has 9 nitrogen and oxygen atoms in total. The molecule has 0 fully saturated rings. The summed E-state index contributed by atoms with van der Waals surface area (Å²) in [5.74, 6) is 2.07. The third-order valence-corrected chi connectivity index (χ3v) is 6.86. The number of nitro benzene ring substituents is 1. The van der Waals surface area contributed by atoms with E-state index in [9.17, 15) is 14.9 Å². The van der Waals surface area contributed by atoms with Crippen molar-refractivity contribution in [1.82, 2.24) is 4.90 Å². The molecule has 0 bridgehead atoms. The first-order chi connectivity index (χ1) is 19.0. The molecule has 1 unspecified atom stereocenters. The van der Waals surface area contributed by atoms with Crippen molar-refractivity contribution in [2.24, 2.45) is 0 Å². The van der Waals surface area contributed by atoms with Gasteiger partial charge in [-0.05, 0) is 64.7 Å². The highest BCUT2D eigenvalue weighted by Gasteiger charge is 2.33. The molecule has 0 radical (unpaired) electrons. The van der Waals surface area contributed by atoms with Crippen LogP contribution in [0, 0.1) is 10.1 Å². The van der Waals surface area contributed by atoms with Crippen molar-refractivity contribution in [2.75, 3.05) is 34.0 Å². The number of hydrogen-bond acceptors (Lipinski definition) is 7. The molecule has 0 aliphatic carbocycles. The van der Waals surface area contributed by atoms with E-state index in [2.05, 4.69) is 0 Å². The van der Waals surface area contributed by atoms with Crippen LogP contribution < -0.4 is 18.9 Å². The molecular weight excluding hydrogens is 500 g/mol. The Kier molecular flexibility index (Phi) is 7.49. The Morgan fingerprint density at radius 3 is 2.31 bits per heavy atom. The minimum atomic E-state index is -0.462. The monoisotopic (exact) mass is 528 g/mol. The minimum Gasteiger partial charge on any atom is -0.493 e. The van der Waals surface area contributed by atoms with E-state index in [4.69, 9.17) is 18.9 Å². The largest absolute Gasteiger partial charge is 0.493 e. The lowest BCUT2D eigenvalue weighted by atomic mass is 9.92. The zero-order chi connectivity index (χ0) is 27.4. The number of amides is 1. The number of carbonyl (C=O) groups is 1. The summed E-state index contributed by atoms with van der Waals surface area (Å²) in [6.07, 6.45) is 0.630. The molecule has 1 heterocycles. The van der Waals surface area contributed by atoms with E-state index < -0.39 is 11.0 Å². The van der Waals surface area contributed by atoms with E-state index in [-0.39, 0.29) is 24.8 Å². The van der Waals surface area contributed by atoms with Crippen LogP contribution in [-0.4, -0.2) is 49.7 Å². The van der Waals surface area contributed by atoms with E-state index in [1.165, 1.54) is 12.1 Å². The van der Waals surface area contributed by atoms with Gasteiger partial charge in [0.1, 0.15) is 18.1 Å². The molecule has 1 aliphatic heterocycles. The number of fused-ring (bicyclic) bond motifs is 2. The maximum atomic E-state index is 13.5. The van der Waals surface area contributed by atoms with Crippen LogP contribution >= 0.6 is 0 Å². The van der Waals surface area contributed by atoms with Crippen LogP contribution in [0.5, 0.6) is 23.0 Å². The van der Waals surface area contributed by atoms with Gasteiger partial charge < -0.3 is 23.8 Å². The number of non-ortho nitro benzene ring substituents is 1. The van der Waals surface area contributed by atoms with Gasteiger partial charge in [0.2, 0.25) is 0 Å². The lowest BCUT2D eigenvalue weighted by molar-refractivity contribution is -0.384. The summed E-state index contributed by atoms with van der Waals surface area (Å²) < 4.78 is 22.9. The molecule has 4 aromatic carbocycles. The summed E-state index contributed by atoms with van der Waals surface area (Å²) >= 11 is 0. The van der Waals surface area contributed by atoms with Gasteiger partial charge in [0.25, 0.3) is 11.6 Å². The Hall–Kier alpha value is -4.79. The zero-order valence-electron chi connectivity index (χ0n) is 21.7. The Bertz CT molecular complexity index is 1500. The topological polar surface area (TPSA) is 100 Å². The molecule has 4 aromatic rings. The fourth-order valence-corrected chi connectivity index (χ4v) is 4.83. The highest BCUT2D eigenvalue weighted by atomic mass is 16.6. The molecule has 1 aliphatic rings. The van der Waals surface area contributed by atoms with Crippen LogP contribution in [0.2, 0.25) is 0 Å². The summed E-state index contributed by atoms with van der Waals surface area (Å²) in [5, 5.41) is 13.1. The van der Waals surface area contributed by atoms with Gasteiger partial charge in [-0.2, -0.15) is 0 Å². The smallest absolute Gasteiger partial charge is 0.269 e. The van der Waals surface area contributed by atoms with E-state index >= 15 is 0 Å². The molecule has 9 heteroatoms. The van der Waals surface area contributed by atoms with Crippen molar-refractivity contribution < 1.29 is 28.7 Å². The lowest BCUT2D eigenvalue weighted by Gasteiger charge is -2.37. The van der Waals surface area contributed by atoms with Crippen molar-refractivity contribution in [3.05, 3.63) is 100 Å². The van der Waals surface area contributed by atoms with E-state index in [0.29, 0.717) is 36.0 Å². The van der Waals surface area contributed by atoms with Crippen LogP contribution in [0.25, 0.3) is 10.8 Å². The average Bonchev–Trinajstić information content (AvgIpc) is 2.97. The number of benzene rings is 4. The molecule has 0 saturated heterocycles. The van der Waals surface area contributed by atoms with Gasteiger partial charge in [0.15, 0.2) is 18.1 Å². The van der Waals surface area contributed by atoms with Crippen LogP contribution in [0.3, 0.4) is 0 Å². The lowest BCUT2D eigenvalue weighted by Crippen LogP contribution is -2.44. The molecule has 5 rings (SSSR count). The van der Waals surface area contributed by atoms with Gasteiger partial charge >= 0.3 is 0 Å². The van der Waals surface area contributed by atoms with Crippen LogP contribution in [0.15, 0.2) is 78.9 Å². The van der Waals surface area contributed by atoms with Crippen molar-refractivity contribution in [3.8, 4) is 23.0 Å². The Morgan fingerprint density at radius 1 is 0.897 bits per heavy atom. The highest BCUT2D eigenvalue weighted by Crippen LogP contribution is 2.38. The molecule has 0 saturated carbocycles. The second-order valence-corrected chi connectivity index (χ2v) is 9.12. The fraction of sp³-hybridized carbons (Fsp3) is 0.233. The molecular formula is C30H28N2O7. The molecule has 0 N–H and O–H groups in total. The third-order valence-electron chi connectivity index (χ3n) is 6.86. The molecule has 200 valence electrons. The predicted molar refractivity (Wildman–Crippen MR) is 146 cm³/mol. The molecule has 39 heavy (non-hydrogen) atoms. The summed E-state index contributed by atoms with van der Waals surface area (Å²) in [6, 6.07) is 22.9. The number of methoxy groups -OCH3 is 2. The Morgan fingerprint density at radius 2 is 1.59 bits per heavy atom. The van der Waals surface area contributed by atoms with Gasteiger partial charge in [0, 0.05) is 18.7 Å². The third kappa shape index (κ3) is 5.57. The van der Waals surface area contributed by atoms with Crippen molar-refractivity contribution in [2.45, 2.75) is 12.5 Å². The summed E-state index contributed by atoms with van der Waals surface area (Å²) in [4.78, 5) is 25.8. The maximum Gasteiger partial charge on any atom is 0.269 e. The van der Waals surface area contributed by atoms with Crippen molar-refractivity contribution in [3.63, 3.8) is 0 Å². The number of nitro groups is 1. The molecule has 1 amide bonds. The first-order valence-corrected chi connectivity index (χ1v) is 12.5. The van der Waals surface area contributed by atoms with Gasteiger partial charge in [-0.3, -0.25) is 14.9 Å². The van der Waals surface area contributed by atoms with Crippen molar-refractivity contribution >= 4 is 22.4 Å². The summed E-state index contributed by atoms with van der Waals surface area (Å²) in [5.41, 5.74) is 1.90. The van der Waals surface area contributed by atoms with E-state index in [0.717, 1.165) is 21.9 Å². The summed E-state index contributed by atoms with van der Waals surface area (Å²) in [7, 11) is 3.15. The summed E-state index contributed by atoms with van der Waals surface area (Å²) in [6.45, 7) is 0.480. The molecule has 0 spiro atoms. The second kappa shape index (κ2) is 11.3. The highest BCUT2D eigenvalue weighted by molar-refractivity contribution is 5.84. The normalized spacial score (nSPS) is 14.4. The quantitative estimate of drug-likeness (QED) is 0.213. The van der Waals surface area contributed by atoms with Gasteiger partial charge in [-0.1, -0.05) is 30.3 Å².